The van der Waals surface area contributed by atoms with Gasteiger partial charge in [0.15, 0.2) is 0 Å². The zero-order chi connectivity index (χ0) is 15.7. The quantitative estimate of drug-likeness (QED) is 0.871. The Hall–Kier alpha value is -1.49. The Morgan fingerprint density at radius 1 is 1.27 bits per heavy atom. The van der Waals surface area contributed by atoms with E-state index in [4.69, 9.17) is 0 Å². The van der Waals surface area contributed by atoms with Crippen LogP contribution in [-0.2, 0) is 16.0 Å². The number of nitrogens with one attached hydrogen (secondary N) is 1. The highest BCUT2D eigenvalue weighted by molar-refractivity contribution is 8.00. The predicted octanol–water partition coefficient (Wildman–Crippen LogP) is 2.39. The molecular weight excluding hydrogens is 296 g/mol. The first-order chi connectivity index (χ1) is 10.5. The molecule has 0 saturated carbocycles. The number of rotatable bonds is 3. The van der Waals surface area contributed by atoms with Crippen LogP contribution in [0.3, 0.4) is 0 Å². The summed E-state index contributed by atoms with van der Waals surface area (Å²) in [5.74, 6) is 0.215. The lowest BCUT2D eigenvalue weighted by atomic mass is 9.96. The van der Waals surface area contributed by atoms with Crippen molar-refractivity contribution >= 4 is 23.6 Å². The molecule has 2 saturated heterocycles. The summed E-state index contributed by atoms with van der Waals surface area (Å²) in [5, 5.41) is 1.61. The van der Waals surface area contributed by atoms with Crippen molar-refractivity contribution in [2.75, 3.05) is 5.75 Å². The number of hydrogen-bond donors (Lipinski definition) is 1. The molecule has 3 rings (SSSR count). The molecule has 1 N–H and O–H groups in total. The van der Waals surface area contributed by atoms with Crippen molar-refractivity contribution in [3.05, 3.63) is 35.9 Å². The van der Waals surface area contributed by atoms with Crippen LogP contribution in [0.5, 0.6) is 0 Å². The fourth-order valence-electron chi connectivity index (χ4n) is 3.25. The molecule has 0 unspecified atom stereocenters. The SMILES string of the molecule is CC1(C)C[C@@H](N2NC(=O)[C@@H](Cc3ccccc3)C2=O)CCS1. The Balaban J connectivity index is 1.71. The Labute approximate surface area is 135 Å². The highest BCUT2D eigenvalue weighted by Gasteiger charge is 2.44. The number of hydrazine groups is 1. The van der Waals surface area contributed by atoms with Crippen LogP contribution >= 0.6 is 11.8 Å². The molecular formula is C17H22N2O2S. The van der Waals surface area contributed by atoms with Crippen molar-refractivity contribution < 1.29 is 9.59 Å². The van der Waals surface area contributed by atoms with Crippen LogP contribution in [0.2, 0.25) is 0 Å². The van der Waals surface area contributed by atoms with Crippen molar-refractivity contribution in [2.24, 2.45) is 5.92 Å². The third-order valence-corrected chi connectivity index (χ3v) is 5.79. The summed E-state index contributed by atoms with van der Waals surface area (Å²) in [5.41, 5.74) is 3.84. The second kappa shape index (κ2) is 5.95. The van der Waals surface area contributed by atoms with Gasteiger partial charge in [-0.15, -0.1) is 0 Å². The van der Waals surface area contributed by atoms with Crippen molar-refractivity contribution in [2.45, 2.75) is 43.9 Å². The van der Waals surface area contributed by atoms with Crippen molar-refractivity contribution in [1.82, 2.24) is 10.4 Å². The Bertz CT molecular complexity index is 573. The van der Waals surface area contributed by atoms with Gasteiger partial charge in [0.2, 0.25) is 0 Å². The lowest BCUT2D eigenvalue weighted by Crippen LogP contribution is -2.48. The zero-order valence-electron chi connectivity index (χ0n) is 13.0. The highest BCUT2D eigenvalue weighted by atomic mass is 32.2. The largest absolute Gasteiger partial charge is 0.272 e. The number of carbonyl (C=O) groups is 2. The lowest BCUT2D eigenvalue weighted by molar-refractivity contribution is -0.135. The average Bonchev–Trinajstić information content (AvgIpc) is 2.75. The van der Waals surface area contributed by atoms with Gasteiger partial charge in [-0.2, -0.15) is 11.8 Å². The summed E-state index contributed by atoms with van der Waals surface area (Å²) in [6, 6.07) is 9.85. The van der Waals surface area contributed by atoms with Crippen molar-refractivity contribution in [3.8, 4) is 0 Å². The number of nitrogens with zero attached hydrogens (tertiary/aromatic N) is 1. The predicted molar refractivity (Wildman–Crippen MR) is 88.2 cm³/mol. The van der Waals surface area contributed by atoms with E-state index in [-0.39, 0.29) is 22.6 Å². The first-order valence-electron chi connectivity index (χ1n) is 7.78. The van der Waals surface area contributed by atoms with E-state index < -0.39 is 5.92 Å². The molecule has 0 aliphatic carbocycles. The first-order valence-corrected chi connectivity index (χ1v) is 8.76. The zero-order valence-corrected chi connectivity index (χ0v) is 13.9. The monoisotopic (exact) mass is 318 g/mol. The maximum atomic E-state index is 12.7. The van der Waals surface area contributed by atoms with Gasteiger partial charge in [-0.05, 0) is 30.6 Å². The highest BCUT2D eigenvalue weighted by Crippen LogP contribution is 2.38. The normalized spacial score (nSPS) is 27.8. The van der Waals surface area contributed by atoms with Crippen LogP contribution in [-0.4, -0.2) is 33.4 Å². The van der Waals surface area contributed by atoms with E-state index in [9.17, 15) is 9.59 Å². The van der Waals surface area contributed by atoms with Gasteiger partial charge in [-0.25, -0.2) is 0 Å². The summed E-state index contributed by atoms with van der Waals surface area (Å²) in [7, 11) is 0. The molecule has 0 aromatic heterocycles. The van der Waals surface area contributed by atoms with E-state index >= 15 is 0 Å². The number of carbonyl (C=O) groups excluding carboxylic acids is 2. The fraction of sp³-hybridized carbons (Fsp3) is 0.529. The minimum atomic E-state index is -0.583. The summed E-state index contributed by atoms with van der Waals surface area (Å²) < 4.78 is 0.158. The van der Waals surface area contributed by atoms with E-state index in [1.807, 2.05) is 42.1 Å². The molecule has 2 amide bonds. The molecule has 1 aromatic carbocycles. The minimum absolute atomic E-state index is 0.0680. The van der Waals surface area contributed by atoms with E-state index in [0.717, 1.165) is 24.2 Å². The van der Waals surface area contributed by atoms with Gasteiger partial charge in [-0.3, -0.25) is 20.0 Å². The molecule has 2 aliphatic rings. The second-order valence-electron chi connectivity index (χ2n) is 6.68. The standard InChI is InChI=1S/C17H22N2O2S/c1-17(2)11-13(8-9-22-17)19-16(21)14(15(20)18-19)10-12-6-4-3-5-7-12/h3-7,13-14H,8-11H2,1-2H3,(H,18,20)/t13-,14+/m0/s1. The second-order valence-corrected chi connectivity index (χ2v) is 8.48. The average molecular weight is 318 g/mol. The van der Waals surface area contributed by atoms with Gasteiger partial charge in [0.1, 0.15) is 5.92 Å². The summed E-state index contributed by atoms with van der Waals surface area (Å²) in [6.07, 6.45) is 2.34. The number of amides is 2. The molecule has 2 atom stereocenters. The molecule has 22 heavy (non-hydrogen) atoms. The third kappa shape index (κ3) is 3.14. The van der Waals surface area contributed by atoms with Gasteiger partial charge >= 0.3 is 0 Å². The minimum Gasteiger partial charge on any atom is -0.272 e. The maximum Gasteiger partial charge on any atom is 0.254 e. The third-order valence-electron chi connectivity index (χ3n) is 4.40. The van der Waals surface area contributed by atoms with E-state index in [2.05, 4.69) is 19.3 Å². The number of hydrogen-bond acceptors (Lipinski definition) is 3. The van der Waals surface area contributed by atoms with E-state index in [1.54, 1.807) is 5.01 Å². The topological polar surface area (TPSA) is 49.4 Å². The number of thioether (sulfide) groups is 1. The van der Waals surface area contributed by atoms with Crippen molar-refractivity contribution in [3.63, 3.8) is 0 Å². The van der Waals surface area contributed by atoms with Crippen LogP contribution in [0.15, 0.2) is 30.3 Å². The summed E-state index contributed by atoms with van der Waals surface area (Å²) in [4.78, 5) is 24.9. The summed E-state index contributed by atoms with van der Waals surface area (Å²) in [6.45, 7) is 4.40. The maximum absolute atomic E-state index is 12.7. The van der Waals surface area contributed by atoms with E-state index in [0.29, 0.717) is 6.42 Å². The van der Waals surface area contributed by atoms with Crippen LogP contribution in [0, 0.1) is 5.92 Å². The molecule has 0 bridgehead atoms. The van der Waals surface area contributed by atoms with Gasteiger partial charge < -0.3 is 0 Å². The smallest absolute Gasteiger partial charge is 0.254 e. The van der Waals surface area contributed by atoms with Crippen LogP contribution in [0.4, 0.5) is 0 Å². The van der Waals surface area contributed by atoms with Gasteiger partial charge in [0.05, 0.1) is 6.04 Å². The van der Waals surface area contributed by atoms with Crippen LogP contribution < -0.4 is 5.43 Å². The Morgan fingerprint density at radius 3 is 2.68 bits per heavy atom. The molecule has 2 fully saturated rings. The van der Waals surface area contributed by atoms with E-state index in [1.165, 1.54) is 0 Å². The van der Waals surface area contributed by atoms with Gasteiger partial charge in [0, 0.05) is 4.75 Å². The fourth-order valence-corrected chi connectivity index (χ4v) is 4.51. The molecule has 4 nitrogen and oxygen atoms in total. The molecule has 2 aliphatic heterocycles. The molecule has 118 valence electrons. The summed E-state index contributed by atoms with van der Waals surface area (Å²) >= 11 is 1.94. The van der Waals surface area contributed by atoms with Crippen molar-refractivity contribution in [1.29, 1.82) is 0 Å². The van der Waals surface area contributed by atoms with Gasteiger partial charge in [-0.1, -0.05) is 44.2 Å². The molecule has 5 heteroatoms. The molecule has 1 aromatic rings. The molecule has 0 spiro atoms. The number of benzene rings is 1. The Kier molecular flexibility index (Phi) is 4.17. The van der Waals surface area contributed by atoms with Gasteiger partial charge in [0.25, 0.3) is 11.8 Å². The molecule has 0 radical (unpaired) electrons. The Morgan fingerprint density at radius 2 is 2.00 bits per heavy atom. The van der Waals surface area contributed by atoms with Crippen LogP contribution in [0.1, 0.15) is 32.3 Å². The lowest BCUT2D eigenvalue weighted by Gasteiger charge is -2.38. The molecule has 2 heterocycles. The van der Waals surface area contributed by atoms with Crippen LogP contribution in [0.25, 0.3) is 0 Å². The first kappa shape index (κ1) is 15.4.